The second-order valence-corrected chi connectivity index (χ2v) is 15.0. The molecule has 0 unspecified atom stereocenters. The van der Waals surface area contributed by atoms with Crippen molar-refractivity contribution in [2.24, 2.45) is 10.8 Å². The van der Waals surface area contributed by atoms with Crippen LogP contribution in [0.1, 0.15) is 63.8 Å². The maximum atomic E-state index is 4.94. The zero-order valence-electron chi connectivity index (χ0n) is 29.3. The van der Waals surface area contributed by atoms with E-state index in [9.17, 15) is 0 Å². The molecule has 1 radical (unpaired) electrons. The largest absolute Gasteiger partial charge is 0.307 e. The van der Waals surface area contributed by atoms with Crippen LogP contribution in [0.5, 0.6) is 0 Å². The Morgan fingerprint density at radius 1 is 0.688 bits per heavy atom. The Morgan fingerprint density at radius 2 is 1.31 bits per heavy atom. The molecule has 0 saturated carbocycles. The van der Waals surface area contributed by atoms with Crippen molar-refractivity contribution in [2.75, 3.05) is 0 Å². The van der Waals surface area contributed by atoms with Crippen molar-refractivity contribution in [1.82, 2.24) is 19.4 Å². The minimum Gasteiger partial charge on any atom is -0.307 e. The van der Waals surface area contributed by atoms with Gasteiger partial charge in [-0.15, -0.1) is 59.7 Å². The molecule has 0 aliphatic heterocycles. The molecule has 48 heavy (non-hydrogen) atoms. The van der Waals surface area contributed by atoms with Gasteiger partial charge in [0, 0.05) is 38.7 Å². The smallest absolute Gasteiger partial charge is 0.102 e. The van der Waals surface area contributed by atoms with E-state index in [4.69, 9.17) is 9.97 Å². The van der Waals surface area contributed by atoms with Gasteiger partial charge in [-0.1, -0.05) is 93.8 Å². The third-order valence-electron chi connectivity index (χ3n) is 8.36. The van der Waals surface area contributed by atoms with Gasteiger partial charge in [0.05, 0.1) is 11.0 Å². The maximum Gasteiger partial charge on any atom is 0.102 e. The third-order valence-corrected chi connectivity index (χ3v) is 8.36. The Kier molecular flexibility index (Phi) is 10.3. The number of aryl methyl sites for hydroxylation is 2. The second kappa shape index (κ2) is 14.1. The topological polar surface area (TPSA) is 43.1 Å². The maximum absolute atomic E-state index is 4.94. The third kappa shape index (κ3) is 7.92. The average molecular weight is 809 g/mol. The number of fused-ring (bicyclic) bond motifs is 5. The van der Waals surface area contributed by atoms with E-state index >= 15 is 0 Å². The summed E-state index contributed by atoms with van der Waals surface area (Å²) in [6, 6.07) is 33.6. The van der Waals surface area contributed by atoms with Gasteiger partial charge in [-0.05, 0) is 72.2 Å². The van der Waals surface area contributed by atoms with Gasteiger partial charge in [-0.25, -0.2) is 4.98 Å². The summed E-state index contributed by atoms with van der Waals surface area (Å²) in [5.74, 6) is 0. The molecule has 4 aromatic heterocycles. The van der Waals surface area contributed by atoms with Crippen LogP contribution in [0.2, 0.25) is 0 Å². The number of hydrogen-bond donors (Lipinski definition) is 0. The van der Waals surface area contributed by atoms with E-state index in [1.165, 1.54) is 22.3 Å². The van der Waals surface area contributed by atoms with E-state index in [1.807, 2.05) is 42.7 Å². The minimum atomic E-state index is 0. The van der Waals surface area contributed by atoms with Crippen molar-refractivity contribution < 1.29 is 20.1 Å². The summed E-state index contributed by atoms with van der Waals surface area (Å²) in [5.41, 5.74) is 12.9. The summed E-state index contributed by atoms with van der Waals surface area (Å²) in [5, 5.41) is 2.26. The molecule has 0 spiro atoms. The molecule has 4 heterocycles. The van der Waals surface area contributed by atoms with Crippen molar-refractivity contribution in [1.29, 1.82) is 0 Å². The van der Waals surface area contributed by atoms with E-state index < -0.39 is 0 Å². The van der Waals surface area contributed by atoms with Crippen molar-refractivity contribution in [2.45, 2.75) is 68.2 Å². The van der Waals surface area contributed by atoms with Crippen LogP contribution < -0.4 is 0 Å². The minimum absolute atomic E-state index is 0. The van der Waals surface area contributed by atoms with E-state index in [0.29, 0.717) is 5.41 Å². The van der Waals surface area contributed by atoms with Crippen LogP contribution in [0, 0.1) is 36.8 Å². The van der Waals surface area contributed by atoms with Crippen molar-refractivity contribution in [3.63, 3.8) is 0 Å². The quantitative estimate of drug-likeness (QED) is 0.166. The first-order chi connectivity index (χ1) is 22.4. The van der Waals surface area contributed by atoms with Gasteiger partial charge in [-0.3, -0.25) is 0 Å². The average Bonchev–Trinajstić information content (AvgIpc) is 3.41. The summed E-state index contributed by atoms with van der Waals surface area (Å²) < 4.78 is 2.17. The molecule has 0 aliphatic carbocycles. The zero-order chi connectivity index (χ0) is 33.3. The van der Waals surface area contributed by atoms with Gasteiger partial charge in [0.2, 0.25) is 0 Å². The monoisotopic (exact) mass is 809 g/mol. The Hall–Kier alpha value is -4.18. The SMILES string of the molecule is Cc1cnc(-c2[c-]ccc3ccn4c5ccccc5nc4c23)cc1CC(C)(C)C.Cc1cnc(-c2[c-]cccc2)cc1CC(C)(C)C.[Ir]. The zero-order valence-corrected chi connectivity index (χ0v) is 31.7. The summed E-state index contributed by atoms with van der Waals surface area (Å²) in [6.07, 6.45) is 8.15. The molecule has 0 N–H and O–H groups in total. The molecule has 0 saturated heterocycles. The summed E-state index contributed by atoms with van der Waals surface area (Å²) in [4.78, 5) is 14.2. The van der Waals surface area contributed by atoms with Crippen LogP contribution in [0.4, 0.5) is 0 Å². The summed E-state index contributed by atoms with van der Waals surface area (Å²) in [6.45, 7) is 17.9. The first-order valence-corrected chi connectivity index (χ1v) is 16.4. The number of aromatic nitrogens is 4. The molecular weight excluding hydrogens is 765 g/mol. The standard InChI is InChI=1S/C26H24N3.C17H20N.Ir/c1-17-16-27-22(14-19(17)15-26(2,3)4)20-9-7-8-18-12-13-29-23-11-6-5-10-21(23)28-25(29)24(18)20;1-13-12-18-16(14-8-6-5-7-9-14)10-15(13)11-17(2,3)4;/h5-8,10-14,16H,15H2,1-4H3;5-8,10,12H,11H2,1-4H3;/q2*-1;. The molecule has 0 aliphatic rings. The molecule has 0 fully saturated rings. The van der Waals surface area contributed by atoms with Gasteiger partial charge in [0.25, 0.3) is 0 Å². The van der Waals surface area contributed by atoms with E-state index in [0.717, 1.165) is 62.8 Å². The molecule has 4 nitrogen and oxygen atoms in total. The number of rotatable bonds is 4. The van der Waals surface area contributed by atoms with Crippen molar-refractivity contribution in [3.8, 4) is 22.5 Å². The summed E-state index contributed by atoms with van der Waals surface area (Å²) in [7, 11) is 0. The Bertz CT molecular complexity index is 2180. The fourth-order valence-corrected chi connectivity index (χ4v) is 6.11. The molecule has 247 valence electrons. The number of benzene rings is 3. The molecule has 0 amide bonds. The molecule has 7 aromatic rings. The number of pyridine rings is 3. The van der Waals surface area contributed by atoms with E-state index in [2.05, 4.69) is 132 Å². The predicted octanol–water partition coefficient (Wildman–Crippen LogP) is 10.8. The van der Waals surface area contributed by atoms with Gasteiger partial charge in [0.1, 0.15) is 5.65 Å². The van der Waals surface area contributed by atoms with Crippen molar-refractivity contribution in [3.05, 3.63) is 132 Å². The van der Waals surface area contributed by atoms with Crippen LogP contribution in [0.3, 0.4) is 0 Å². The van der Waals surface area contributed by atoms with E-state index in [-0.39, 0.29) is 25.5 Å². The Morgan fingerprint density at radius 3 is 1.96 bits per heavy atom. The van der Waals surface area contributed by atoms with Gasteiger partial charge in [-0.2, -0.15) is 0 Å². The normalized spacial score (nSPS) is 11.8. The van der Waals surface area contributed by atoms with Crippen LogP contribution in [-0.4, -0.2) is 19.4 Å². The fourth-order valence-electron chi connectivity index (χ4n) is 6.11. The molecule has 0 bridgehead atoms. The van der Waals surface area contributed by atoms with Gasteiger partial charge >= 0.3 is 0 Å². The summed E-state index contributed by atoms with van der Waals surface area (Å²) >= 11 is 0. The molecule has 7 rings (SSSR count). The predicted molar refractivity (Wildman–Crippen MR) is 197 cm³/mol. The molecule has 5 heteroatoms. The van der Waals surface area contributed by atoms with Crippen LogP contribution >= 0.6 is 0 Å². The Labute approximate surface area is 299 Å². The molecular formula is C43H44IrN4-2. The van der Waals surface area contributed by atoms with E-state index in [1.54, 1.807) is 0 Å². The van der Waals surface area contributed by atoms with Gasteiger partial charge < -0.3 is 14.4 Å². The van der Waals surface area contributed by atoms with Crippen LogP contribution in [0.15, 0.2) is 97.5 Å². The molecule has 0 atom stereocenters. The first kappa shape index (κ1) is 35.1. The number of nitrogens with zero attached hydrogens (tertiary/aromatic N) is 4. The van der Waals surface area contributed by atoms with Gasteiger partial charge in [0.15, 0.2) is 0 Å². The fraction of sp³-hybridized carbons (Fsp3) is 0.279. The molecule has 3 aromatic carbocycles. The van der Waals surface area contributed by atoms with Crippen LogP contribution in [0.25, 0.3) is 50.0 Å². The first-order valence-electron chi connectivity index (χ1n) is 16.4. The van der Waals surface area contributed by atoms with Crippen molar-refractivity contribution >= 4 is 27.5 Å². The Balaban J connectivity index is 0.000000205. The number of hydrogen-bond acceptors (Lipinski definition) is 3. The number of para-hydroxylation sites is 2. The second-order valence-electron chi connectivity index (χ2n) is 15.0. The number of imidazole rings is 1. The van der Waals surface area contributed by atoms with Crippen LogP contribution in [-0.2, 0) is 32.9 Å².